The number of nitrogens with one attached hydrogen (secondary N) is 2. The van der Waals surface area contributed by atoms with E-state index in [-0.39, 0.29) is 0 Å². The number of rotatable bonds is 10. The normalized spacial score (nSPS) is 11.6. The van der Waals surface area contributed by atoms with E-state index in [4.69, 9.17) is 10.6 Å². The van der Waals surface area contributed by atoms with Crippen LogP contribution < -0.4 is 16.6 Å². The third kappa shape index (κ3) is 11.5. The van der Waals surface area contributed by atoms with E-state index < -0.39 is 0 Å². The monoisotopic (exact) mass is 244 g/mol. The Morgan fingerprint density at radius 2 is 1.82 bits per heavy atom. The van der Waals surface area contributed by atoms with Crippen molar-refractivity contribution in [3.05, 3.63) is 0 Å². The molecule has 0 rings (SSSR count). The summed E-state index contributed by atoms with van der Waals surface area (Å²) < 4.78 is 5.45. The first-order chi connectivity index (χ1) is 8.35. The number of hydrogen-bond acceptors (Lipinski definition) is 3. The summed E-state index contributed by atoms with van der Waals surface area (Å²) in [6, 6.07) is 0. The standard InChI is InChI=1S/C12H28N4O/c1-3-5-8-14-12(16-13)15-9-7-11-17-10-6-4-2/h3-11,13H2,1-2H3,(H2,14,15,16). The quantitative estimate of drug-likeness (QED) is 0.179. The lowest BCUT2D eigenvalue weighted by atomic mass is 10.3. The predicted molar refractivity (Wildman–Crippen MR) is 72.9 cm³/mol. The highest BCUT2D eigenvalue weighted by Gasteiger charge is 1.94. The van der Waals surface area contributed by atoms with Gasteiger partial charge in [0.1, 0.15) is 0 Å². The van der Waals surface area contributed by atoms with Crippen LogP contribution in [0.3, 0.4) is 0 Å². The smallest absolute Gasteiger partial charge is 0.205 e. The Morgan fingerprint density at radius 1 is 1.12 bits per heavy atom. The molecule has 4 N–H and O–H groups in total. The Labute approximate surface area is 105 Å². The first kappa shape index (κ1) is 16.2. The van der Waals surface area contributed by atoms with Crippen molar-refractivity contribution in [1.82, 2.24) is 10.7 Å². The molecular weight excluding hydrogens is 216 g/mol. The second-order valence-corrected chi connectivity index (χ2v) is 3.97. The molecule has 5 heteroatoms. The van der Waals surface area contributed by atoms with Crippen LogP contribution in [-0.2, 0) is 4.74 Å². The Morgan fingerprint density at radius 3 is 2.47 bits per heavy atom. The molecule has 0 aromatic carbocycles. The van der Waals surface area contributed by atoms with Crippen molar-refractivity contribution < 1.29 is 4.74 Å². The van der Waals surface area contributed by atoms with Gasteiger partial charge in [0.05, 0.1) is 0 Å². The fourth-order valence-electron chi connectivity index (χ4n) is 1.24. The zero-order chi connectivity index (χ0) is 12.8. The molecule has 0 saturated heterocycles. The first-order valence-corrected chi connectivity index (χ1v) is 6.67. The third-order valence-electron chi connectivity index (χ3n) is 2.32. The fourth-order valence-corrected chi connectivity index (χ4v) is 1.24. The number of ether oxygens (including phenoxy) is 1. The fraction of sp³-hybridized carbons (Fsp3) is 0.917. The van der Waals surface area contributed by atoms with E-state index >= 15 is 0 Å². The van der Waals surface area contributed by atoms with Gasteiger partial charge in [0.15, 0.2) is 0 Å². The number of hydrazine groups is 1. The van der Waals surface area contributed by atoms with Gasteiger partial charge in [-0.05, 0) is 19.3 Å². The molecule has 102 valence electrons. The summed E-state index contributed by atoms with van der Waals surface area (Å²) in [7, 11) is 0. The van der Waals surface area contributed by atoms with E-state index in [1.165, 1.54) is 6.42 Å². The summed E-state index contributed by atoms with van der Waals surface area (Å²) in [6.45, 7) is 7.60. The molecule has 0 aliphatic heterocycles. The van der Waals surface area contributed by atoms with Crippen LogP contribution in [0.5, 0.6) is 0 Å². The second-order valence-electron chi connectivity index (χ2n) is 3.97. The number of unbranched alkanes of at least 4 members (excludes halogenated alkanes) is 2. The Hall–Kier alpha value is -0.810. The van der Waals surface area contributed by atoms with E-state index in [2.05, 4.69) is 29.6 Å². The topological polar surface area (TPSA) is 71.7 Å². The number of aliphatic imine (C=N–C) groups is 1. The molecule has 0 atom stereocenters. The van der Waals surface area contributed by atoms with Gasteiger partial charge in [0, 0.05) is 26.3 Å². The molecule has 0 spiro atoms. The van der Waals surface area contributed by atoms with Crippen LogP contribution in [0.4, 0.5) is 0 Å². The lowest BCUT2D eigenvalue weighted by Gasteiger charge is -2.08. The van der Waals surface area contributed by atoms with Crippen LogP contribution in [-0.4, -0.2) is 32.3 Å². The zero-order valence-corrected chi connectivity index (χ0v) is 11.3. The molecule has 0 aliphatic rings. The average molecular weight is 244 g/mol. The second kappa shape index (κ2) is 13.3. The first-order valence-electron chi connectivity index (χ1n) is 6.67. The van der Waals surface area contributed by atoms with Crippen LogP contribution >= 0.6 is 0 Å². The van der Waals surface area contributed by atoms with Gasteiger partial charge in [0.2, 0.25) is 5.96 Å². The van der Waals surface area contributed by atoms with Gasteiger partial charge in [-0.25, -0.2) is 5.84 Å². The Bertz CT molecular complexity index is 185. The van der Waals surface area contributed by atoms with Crippen molar-refractivity contribution >= 4 is 5.96 Å². The van der Waals surface area contributed by atoms with Gasteiger partial charge in [-0.1, -0.05) is 26.7 Å². The van der Waals surface area contributed by atoms with Gasteiger partial charge in [-0.2, -0.15) is 0 Å². The molecule has 0 aliphatic carbocycles. The van der Waals surface area contributed by atoms with Crippen molar-refractivity contribution in [3.8, 4) is 0 Å². The molecule has 0 unspecified atom stereocenters. The third-order valence-corrected chi connectivity index (χ3v) is 2.32. The van der Waals surface area contributed by atoms with Gasteiger partial charge in [-0.15, -0.1) is 0 Å². The molecule has 0 aromatic rings. The summed E-state index contributed by atoms with van der Waals surface area (Å²) >= 11 is 0. The highest BCUT2D eigenvalue weighted by atomic mass is 16.5. The predicted octanol–water partition coefficient (Wildman–Crippen LogP) is 1.40. The maximum atomic E-state index is 5.45. The summed E-state index contributed by atoms with van der Waals surface area (Å²) in [5, 5.41) is 3.15. The highest BCUT2D eigenvalue weighted by Crippen LogP contribution is 1.90. The summed E-state index contributed by atoms with van der Waals surface area (Å²) in [6.07, 6.45) is 5.54. The van der Waals surface area contributed by atoms with Crippen LogP contribution in [0.2, 0.25) is 0 Å². The Kier molecular flexibility index (Phi) is 12.6. The van der Waals surface area contributed by atoms with Crippen LogP contribution in [0.25, 0.3) is 0 Å². The van der Waals surface area contributed by atoms with Crippen LogP contribution in [0, 0.1) is 0 Å². The molecule has 17 heavy (non-hydrogen) atoms. The summed E-state index contributed by atoms with van der Waals surface area (Å²) in [5.74, 6) is 6.03. The SMILES string of the molecule is CCCCNC(=NCCCOCCCC)NN. The van der Waals surface area contributed by atoms with E-state index in [0.29, 0.717) is 5.96 Å². The number of nitrogens with two attached hydrogens (primary N) is 1. The highest BCUT2D eigenvalue weighted by molar-refractivity contribution is 5.79. The molecule has 0 aromatic heterocycles. The molecule has 0 amide bonds. The van der Waals surface area contributed by atoms with Crippen molar-refractivity contribution in [1.29, 1.82) is 0 Å². The molecule has 0 saturated carbocycles. The van der Waals surface area contributed by atoms with Crippen molar-refractivity contribution in [2.24, 2.45) is 10.8 Å². The lowest BCUT2D eigenvalue weighted by molar-refractivity contribution is 0.130. The van der Waals surface area contributed by atoms with Gasteiger partial charge < -0.3 is 10.1 Å². The summed E-state index contributed by atoms with van der Waals surface area (Å²) in [4.78, 5) is 4.32. The van der Waals surface area contributed by atoms with E-state index in [1.807, 2.05) is 0 Å². The molecule has 0 heterocycles. The van der Waals surface area contributed by atoms with Crippen LogP contribution in [0.1, 0.15) is 46.0 Å². The lowest BCUT2D eigenvalue weighted by Crippen LogP contribution is -2.42. The zero-order valence-electron chi connectivity index (χ0n) is 11.3. The number of nitrogens with zero attached hydrogens (tertiary/aromatic N) is 1. The minimum Gasteiger partial charge on any atom is -0.381 e. The molecule has 0 fully saturated rings. The van der Waals surface area contributed by atoms with Crippen molar-refractivity contribution in [2.45, 2.75) is 46.0 Å². The van der Waals surface area contributed by atoms with Crippen LogP contribution in [0.15, 0.2) is 4.99 Å². The largest absolute Gasteiger partial charge is 0.381 e. The molecule has 5 nitrogen and oxygen atoms in total. The molecule has 0 bridgehead atoms. The van der Waals surface area contributed by atoms with Gasteiger partial charge in [0.25, 0.3) is 0 Å². The van der Waals surface area contributed by atoms with E-state index in [9.17, 15) is 0 Å². The molecular formula is C12H28N4O. The molecule has 0 radical (unpaired) electrons. The summed E-state index contributed by atoms with van der Waals surface area (Å²) in [5.41, 5.74) is 2.57. The maximum absolute atomic E-state index is 5.45. The van der Waals surface area contributed by atoms with Gasteiger partial charge >= 0.3 is 0 Å². The Balaban J connectivity index is 3.44. The van der Waals surface area contributed by atoms with Crippen molar-refractivity contribution in [3.63, 3.8) is 0 Å². The van der Waals surface area contributed by atoms with E-state index in [1.54, 1.807) is 0 Å². The minimum absolute atomic E-state index is 0.673. The average Bonchev–Trinajstić information content (AvgIpc) is 2.35. The van der Waals surface area contributed by atoms with Crippen molar-refractivity contribution in [2.75, 3.05) is 26.3 Å². The minimum atomic E-state index is 0.673. The number of hydrogen-bond donors (Lipinski definition) is 3. The number of guanidine groups is 1. The van der Waals surface area contributed by atoms with Gasteiger partial charge in [-0.3, -0.25) is 10.4 Å². The maximum Gasteiger partial charge on any atom is 0.205 e. The van der Waals surface area contributed by atoms with E-state index in [0.717, 1.165) is 52.0 Å².